The Morgan fingerprint density at radius 3 is 2.35 bits per heavy atom. The normalized spacial score (nSPS) is 15.2. The van der Waals surface area contributed by atoms with E-state index < -0.39 is 17.7 Å². The van der Waals surface area contributed by atoms with Gasteiger partial charge in [0.1, 0.15) is 5.82 Å². The molecule has 0 bridgehead atoms. The first-order valence-electron chi connectivity index (χ1n) is 12.5. The van der Waals surface area contributed by atoms with Gasteiger partial charge in [0.25, 0.3) is 0 Å². The maximum absolute atomic E-state index is 12.5. The van der Waals surface area contributed by atoms with Gasteiger partial charge in [-0.2, -0.15) is 9.61 Å². The van der Waals surface area contributed by atoms with Crippen LogP contribution in [0.5, 0.6) is 0 Å². The summed E-state index contributed by atoms with van der Waals surface area (Å²) in [6, 6.07) is 20.4. The van der Waals surface area contributed by atoms with Gasteiger partial charge in [0.2, 0.25) is 0 Å². The molecule has 4 aromatic rings. The lowest BCUT2D eigenvalue weighted by Crippen LogP contribution is -2.39. The van der Waals surface area contributed by atoms with Crippen LogP contribution in [0.1, 0.15) is 38.1 Å². The summed E-state index contributed by atoms with van der Waals surface area (Å²) in [5.41, 5.74) is 5.06. The molecule has 37 heavy (non-hydrogen) atoms. The molecule has 1 aliphatic rings. The van der Waals surface area contributed by atoms with E-state index >= 15 is 0 Å². The van der Waals surface area contributed by atoms with Crippen LogP contribution in [0, 0.1) is 6.92 Å². The average molecular weight is 501 g/mol. The summed E-state index contributed by atoms with van der Waals surface area (Å²) in [4.78, 5) is 19.4. The van der Waals surface area contributed by atoms with E-state index in [0.29, 0.717) is 49.0 Å². The number of ether oxygens (including phenoxy) is 2. The third-order valence-electron chi connectivity index (χ3n) is 6.34. The minimum Gasteiger partial charge on any atom is -0.479 e. The van der Waals surface area contributed by atoms with Gasteiger partial charge in [0.05, 0.1) is 30.1 Å². The molecule has 0 aliphatic carbocycles. The largest absolute Gasteiger partial charge is 0.479 e. The molecule has 1 atom stereocenters. The highest BCUT2D eigenvalue weighted by Crippen LogP contribution is 2.36. The molecule has 1 saturated heterocycles. The first-order chi connectivity index (χ1) is 17.7. The number of fused-ring (bicyclic) bond motifs is 1. The fourth-order valence-electron chi connectivity index (χ4n) is 4.72. The number of morpholine rings is 1. The molecule has 1 aliphatic heterocycles. The molecule has 1 N–H and O–H groups in total. The highest BCUT2D eigenvalue weighted by molar-refractivity contribution is 5.79. The second-order valence-corrected chi connectivity index (χ2v) is 10.2. The summed E-state index contributed by atoms with van der Waals surface area (Å²) < 4.78 is 13.4. The van der Waals surface area contributed by atoms with Gasteiger partial charge in [-0.05, 0) is 44.9 Å². The Morgan fingerprint density at radius 1 is 1.00 bits per heavy atom. The molecule has 0 amide bonds. The summed E-state index contributed by atoms with van der Waals surface area (Å²) in [5.74, 6) is -0.371. The van der Waals surface area contributed by atoms with Crippen molar-refractivity contribution in [1.29, 1.82) is 0 Å². The SMILES string of the molecule is Cc1nc2cc(-c3cccc(-c4ccccc4)c3)nn2c(N2CCOCC2)c1[C@H](OC(C)(C)C)C(=O)O. The summed E-state index contributed by atoms with van der Waals surface area (Å²) in [7, 11) is 0. The zero-order chi connectivity index (χ0) is 26.2. The highest BCUT2D eigenvalue weighted by Gasteiger charge is 2.34. The fraction of sp³-hybridized carbons (Fsp3) is 0.345. The van der Waals surface area contributed by atoms with Gasteiger partial charge >= 0.3 is 5.97 Å². The highest BCUT2D eigenvalue weighted by atomic mass is 16.5. The zero-order valence-electron chi connectivity index (χ0n) is 21.6. The van der Waals surface area contributed by atoms with Crippen LogP contribution in [0.3, 0.4) is 0 Å². The van der Waals surface area contributed by atoms with Gasteiger partial charge in [-0.25, -0.2) is 9.78 Å². The molecular formula is C29H32N4O4. The Bertz CT molecular complexity index is 1420. The summed E-state index contributed by atoms with van der Waals surface area (Å²) in [5, 5.41) is 15.2. The number of nitrogens with zero attached hydrogens (tertiary/aromatic N) is 4. The molecule has 1 fully saturated rings. The lowest BCUT2D eigenvalue weighted by Gasteiger charge is -2.33. The van der Waals surface area contributed by atoms with Gasteiger partial charge in [-0.15, -0.1) is 0 Å². The Labute approximate surface area is 216 Å². The third kappa shape index (κ3) is 5.21. The number of aryl methyl sites for hydroxylation is 1. The Kier molecular flexibility index (Phi) is 6.70. The number of aromatic nitrogens is 3. The van der Waals surface area contributed by atoms with Crippen LogP contribution in [0.2, 0.25) is 0 Å². The van der Waals surface area contributed by atoms with Crippen molar-refractivity contribution in [3.63, 3.8) is 0 Å². The summed E-state index contributed by atoms with van der Waals surface area (Å²) >= 11 is 0. The molecule has 2 aromatic carbocycles. The number of anilines is 1. The number of carboxylic acid groups (broad SMARTS) is 1. The van der Waals surface area contributed by atoms with Crippen molar-refractivity contribution in [1.82, 2.24) is 14.6 Å². The number of carbonyl (C=O) groups is 1. The lowest BCUT2D eigenvalue weighted by molar-refractivity contribution is -0.160. The van der Waals surface area contributed by atoms with Crippen molar-refractivity contribution < 1.29 is 19.4 Å². The number of hydrogen-bond donors (Lipinski definition) is 1. The molecule has 3 heterocycles. The first kappa shape index (κ1) is 24.9. The van der Waals surface area contributed by atoms with Crippen LogP contribution in [0.25, 0.3) is 28.0 Å². The van der Waals surface area contributed by atoms with Crippen molar-refractivity contribution in [2.24, 2.45) is 0 Å². The van der Waals surface area contributed by atoms with Crippen molar-refractivity contribution in [3.8, 4) is 22.4 Å². The number of rotatable bonds is 6. The van der Waals surface area contributed by atoms with Crippen molar-refractivity contribution in [2.75, 3.05) is 31.2 Å². The van der Waals surface area contributed by atoms with Crippen LogP contribution in [-0.4, -0.2) is 57.6 Å². The molecule has 0 saturated carbocycles. The molecule has 8 heteroatoms. The molecule has 2 aromatic heterocycles. The maximum atomic E-state index is 12.5. The van der Waals surface area contributed by atoms with E-state index in [1.54, 1.807) is 4.52 Å². The van der Waals surface area contributed by atoms with E-state index in [4.69, 9.17) is 19.6 Å². The second-order valence-electron chi connectivity index (χ2n) is 10.2. The van der Waals surface area contributed by atoms with Gasteiger partial charge in [0, 0.05) is 30.4 Å². The Balaban J connectivity index is 1.68. The number of hydrogen-bond acceptors (Lipinski definition) is 6. The van der Waals surface area contributed by atoms with E-state index in [1.165, 1.54) is 0 Å². The van der Waals surface area contributed by atoms with Crippen molar-refractivity contribution in [2.45, 2.75) is 39.4 Å². The van der Waals surface area contributed by atoms with E-state index in [-0.39, 0.29) is 0 Å². The average Bonchev–Trinajstić information content (AvgIpc) is 3.31. The minimum atomic E-state index is -1.19. The van der Waals surface area contributed by atoms with Gasteiger partial charge in [-0.1, -0.05) is 48.5 Å². The topological polar surface area (TPSA) is 89.2 Å². The molecule has 0 radical (unpaired) electrons. The minimum absolute atomic E-state index is 0.518. The second kappa shape index (κ2) is 9.95. The van der Waals surface area contributed by atoms with E-state index in [1.807, 2.05) is 64.1 Å². The number of carboxylic acids is 1. The molecule has 5 rings (SSSR count). The Hall–Kier alpha value is -3.75. The molecule has 8 nitrogen and oxygen atoms in total. The first-order valence-corrected chi connectivity index (χ1v) is 12.5. The molecule has 0 spiro atoms. The van der Waals surface area contributed by atoms with Crippen molar-refractivity contribution >= 4 is 17.4 Å². The molecule has 192 valence electrons. The van der Waals surface area contributed by atoms with E-state index in [9.17, 15) is 9.90 Å². The molecule has 0 unspecified atom stereocenters. The van der Waals surface area contributed by atoms with Crippen LogP contribution in [-0.2, 0) is 14.3 Å². The van der Waals surface area contributed by atoms with E-state index in [2.05, 4.69) is 29.2 Å². The van der Waals surface area contributed by atoms with Crippen LogP contribution in [0.15, 0.2) is 60.7 Å². The van der Waals surface area contributed by atoms with Crippen molar-refractivity contribution in [3.05, 3.63) is 71.9 Å². The van der Waals surface area contributed by atoms with Crippen LogP contribution < -0.4 is 4.90 Å². The molecular weight excluding hydrogens is 468 g/mol. The Morgan fingerprint density at radius 2 is 1.68 bits per heavy atom. The van der Waals surface area contributed by atoms with Crippen LogP contribution in [0.4, 0.5) is 5.82 Å². The van der Waals surface area contributed by atoms with E-state index in [0.717, 1.165) is 22.4 Å². The maximum Gasteiger partial charge on any atom is 0.337 e. The van der Waals surface area contributed by atoms with Gasteiger partial charge in [-0.3, -0.25) is 0 Å². The predicted octanol–water partition coefficient (Wildman–Crippen LogP) is 5.15. The van der Waals surface area contributed by atoms with Crippen LogP contribution >= 0.6 is 0 Å². The summed E-state index contributed by atoms with van der Waals surface area (Å²) in [6.07, 6.45) is -1.19. The van der Waals surface area contributed by atoms with Gasteiger partial charge in [0.15, 0.2) is 11.8 Å². The third-order valence-corrected chi connectivity index (χ3v) is 6.34. The smallest absolute Gasteiger partial charge is 0.337 e. The zero-order valence-corrected chi connectivity index (χ0v) is 21.6. The predicted molar refractivity (Wildman–Crippen MR) is 143 cm³/mol. The number of benzene rings is 2. The standard InChI is InChI=1S/C29H32N4O4/c1-19-25(26(28(34)35)37-29(2,3)4)27(32-13-15-36-16-14-32)33-24(30-19)18-23(31-33)22-12-8-11-21(17-22)20-9-6-5-7-10-20/h5-12,17-18,26H,13-16H2,1-4H3,(H,34,35)/t26-/m0/s1. The fourth-order valence-corrected chi connectivity index (χ4v) is 4.72. The summed E-state index contributed by atoms with van der Waals surface area (Å²) in [6.45, 7) is 9.72. The van der Waals surface area contributed by atoms with Gasteiger partial charge < -0.3 is 19.5 Å². The monoisotopic (exact) mass is 500 g/mol. The number of aliphatic carboxylic acids is 1. The lowest BCUT2D eigenvalue weighted by atomic mass is 10.0. The quantitative estimate of drug-likeness (QED) is 0.392.